The van der Waals surface area contributed by atoms with E-state index in [1.807, 2.05) is 6.08 Å². The van der Waals surface area contributed by atoms with Crippen molar-refractivity contribution in [3.8, 4) is 0 Å². The number of unbranched alkanes of at least 4 members (excludes halogenated alkanes) is 29. The van der Waals surface area contributed by atoms with E-state index in [1.54, 1.807) is 6.08 Å². The van der Waals surface area contributed by atoms with Crippen LogP contribution >= 0.6 is 0 Å². The monoisotopic (exact) mass is 748 g/mol. The van der Waals surface area contributed by atoms with E-state index in [-0.39, 0.29) is 18.5 Å². The largest absolute Gasteiger partial charge is 0.466 e. The van der Waals surface area contributed by atoms with Crippen molar-refractivity contribution in [1.29, 1.82) is 0 Å². The number of aliphatic hydroxyl groups is 2. The van der Waals surface area contributed by atoms with Crippen molar-refractivity contribution in [2.75, 3.05) is 13.2 Å². The Morgan fingerprint density at radius 1 is 0.509 bits per heavy atom. The van der Waals surface area contributed by atoms with Gasteiger partial charge >= 0.3 is 5.97 Å². The number of hydrogen-bond acceptors (Lipinski definition) is 5. The first-order valence-electron chi connectivity index (χ1n) is 23.1. The van der Waals surface area contributed by atoms with Gasteiger partial charge in [0.05, 0.1) is 25.4 Å². The summed E-state index contributed by atoms with van der Waals surface area (Å²) >= 11 is 0. The lowest BCUT2D eigenvalue weighted by molar-refractivity contribution is -0.143. The van der Waals surface area contributed by atoms with Gasteiger partial charge in [-0.25, -0.2) is 0 Å². The molecule has 0 aromatic heterocycles. The molecule has 6 nitrogen and oxygen atoms in total. The van der Waals surface area contributed by atoms with E-state index in [0.717, 1.165) is 70.6 Å². The van der Waals surface area contributed by atoms with E-state index < -0.39 is 12.1 Å². The molecule has 0 fully saturated rings. The molecule has 0 bridgehead atoms. The van der Waals surface area contributed by atoms with Crippen LogP contribution in [0.4, 0.5) is 0 Å². The maximum absolute atomic E-state index is 12.4. The van der Waals surface area contributed by atoms with Crippen molar-refractivity contribution < 1.29 is 24.5 Å². The van der Waals surface area contributed by atoms with Crippen LogP contribution in [0.1, 0.15) is 239 Å². The van der Waals surface area contributed by atoms with E-state index in [9.17, 15) is 19.8 Å². The Labute approximate surface area is 329 Å². The zero-order valence-electron chi connectivity index (χ0n) is 35.2. The Kier molecular flexibility index (Phi) is 41.7. The highest BCUT2D eigenvalue weighted by atomic mass is 16.5. The van der Waals surface area contributed by atoms with Crippen LogP contribution in [-0.2, 0) is 14.3 Å². The molecule has 1 amide bonds. The maximum atomic E-state index is 12.4. The van der Waals surface area contributed by atoms with Crippen molar-refractivity contribution in [3.05, 3.63) is 24.3 Å². The van der Waals surface area contributed by atoms with E-state index in [4.69, 9.17) is 4.74 Å². The summed E-state index contributed by atoms with van der Waals surface area (Å²) in [7, 11) is 0. The van der Waals surface area contributed by atoms with Gasteiger partial charge in [-0.05, 0) is 51.4 Å². The van der Waals surface area contributed by atoms with Crippen LogP contribution in [0.3, 0.4) is 0 Å². The quantitative estimate of drug-likeness (QED) is 0.0328. The molecular weight excluding hydrogens is 659 g/mol. The zero-order valence-corrected chi connectivity index (χ0v) is 35.2. The summed E-state index contributed by atoms with van der Waals surface area (Å²) in [6.45, 7) is 4.80. The molecule has 0 aromatic carbocycles. The summed E-state index contributed by atoms with van der Waals surface area (Å²) in [5, 5.41) is 22.9. The fourth-order valence-corrected chi connectivity index (χ4v) is 6.87. The highest BCUT2D eigenvalue weighted by Crippen LogP contribution is 2.15. The fraction of sp³-hybridized carbons (Fsp3) is 0.872. The molecule has 312 valence electrons. The summed E-state index contributed by atoms with van der Waals surface area (Å²) in [5.74, 6) is -0.166. The second kappa shape index (κ2) is 43.1. The Hall–Kier alpha value is -1.66. The van der Waals surface area contributed by atoms with Gasteiger partial charge in [-0.3, -0.25) is 9.59 Å². The molecule has 0 aromatic rings. The molecule has 0 rings (SSSR count). The van der Waals surface area contributed by atoms with Crippen LogP contribution in [0.5, 0.6) is 0 Å². The summed E-state index contributed by atoms with van der Waals surface area (Å²) in [6, 6.07) is -0.663. The first-order valence-corrected chi connectivity index (χ1v) is 23.1. The van der Waals surface area contributed by atoms with Crippen LogP contribution < -0.4 is 5.32 Å². The lowest BCUT2D eigenvalue weighted by Gasteiger charge is -2.19. The fourth-order valence-electron chi connectivity index (χ4n) is 6.87. The summed E-state index contributed by atoms with van der Waals surface area (Å²) in [6.07, 6.45) is 48.8. The number of amides is 1. The Bertz CT molecular complexity index is 828. The molecule has 0 aliphatic rings. The molecule has 2 unspecified atom stereocenters. The third kappa shape index (κ3) is 39.8. The number of rotatable bonds is 42. The van der Waals surface area contributed by atoms with Crippen LogP contribution in [-0.4, -0.2) is 47.4 Å². The molecule has 3 N–H and O–H groups in total. The molecule has 6 heteroatoms. The van der Waals surface area contributed by atoms with Crippen molar-refractivity contribution in [3.63, 3.8) is 0 Å². The smallest absolute Gasteiger partial charge is 0.305 e. The van der Waals surface area contributed by atoms with Gasteiger partial charge in [-0.2, -0.15) is 0 Å². The molecule has 0 spiro atoms. The van der Waals surface area contributed by atoms with Gasteiger partial charge in [-0.15, -0.1) is 0 Å². The average Bonchev–Trinajstić information content (AvgIpc) is 3.16. The van der Waals surface area contributed by atoms with Gasteiger partial charge < -0.3 is 20.3 Å². The SMILES string of the molecule is CCCCCCCCCCCCC/C=C/C(O)C(CO)NC(=O)CCC/C=C\CCCCCCOC(=O)CCCCCCCCCCCCCCCC. The van der Waals surface area contributed by atoms with Gasteiger partial charge in [0, 0.05) is 12.8 Å². The molecule has 0 saturated heterocycles. The van der Waals surface area contributed by atoms with Crippen molar-refractivity contribution in [2.24, 2.45) is 0 Å². The van der Waals surface area contributed by atoms with Crippen molar-refractivity contribution in [1.82, 2.24) is 5.32 Å². The summed E-state index contributed by atoms with van der Waals surface area (Å²) in [5.41, 5.74) is 0. The van der Waals surface area contributed by atoms with Crippen LogP contribution in [0.2, 0.25) is 0 Å². The Morgan fingerprint density at radius 2 is 0.906 bits per heavy atom. The molecule has 2 atom stereocenters. The highest BCUT2D eigenvalue weighted by molar-refractivity contribution is 5.76. The first kappa shape index (κ1) is 51.3. The van der Waals surface area contributed by atoms with Gasteiger partial charge in [-0.1, -0.05) is 199 Å². The van der Waals surface area contributed by atoms with Crippen LogP contribution in [0, 0.1) is 0 Å². The summed E-state index contributed by atoms with van der Waals surface area (Å²) in [4.78, 5) is 24.4. The lowest BCUT2D eigenvalue weighted by atomic mass is 10.0. The van der Waals surface area contributed by atoms with Gasteiger partial charge in [0.2, 0.25) is 5.91 Å². The number of hydrogen-bond donors (Lipinski definition) is 3. The minimum atomic E-state index is -0.873. The second-order valence-corrected chi connectivity index (χ2v) is 15.7. The van der Waals surface area contributed by atoms with E-state index >= 15 is 0 Å². The predicted octanol–water partition coefficient (Wildman–Crippen LogP) is 13.2. The minimum absolute atomic E-state index is 0.0366. The number of ether oxygens (including phenoxy) is 1. The Balaban J connectivity index is 3.58. The number of nitrogens with one attached hydrogen (secondary N) is 1. The first-order chi connectivity index (χ1) is 26.0. The number of carbonyl (C=O) groups excluding carboxylic acids is 2. The topological polar surface area (TPSA) is 95.9 Å². The summed E-state index contributed by atoms with van der Waals surface area (Å²) < 4.78 is 5.43. The maximum Gasteiger partial charge on any atom is 0.305 e. The van der Waals surface area contributed by atoms with Crippen molar-refractivity contribution >= 4 is 11.9 Å². The second-order valence-electron chi connectivity index (χ2n) is 15.7. The van der Waals surface area contributed by atoms with Crippen molar-refractivity contribution in [2.45, 2.75) is 251 Å². The predicted molar refractivity (Wildman–Crippen MR) is 227 cm³/mol. The van der Waals surface area contributed by atoms with Crippen LogP contribution in [0.25, 0.3) is 0 Å². The number of allylic oxidation sites excluding steroid dienone is 3. The average molecular weight is 748 g/mol. The molecule has 0 aliphatic carbocycles. The normalized spacial score (nSPS) is 12.9. The number of carbonyl (C=O) groups is 2. The molecule has 0 heterocycles. The third-order valence-corrected chi connectivity index (χ3v) is 10.5. The molecule has 0 aliphatic heterocycles. The lowest BCUT2D eigenvalue weighted by Crippen LogP contribution is -2.45. The Morgan fingerprint density at radius 3 is 1.38 bits per heavy atom. The molecular formula is C47H89NO5. The third-order valence-electron chi connectivity index (χ3n) is 10.5. The van der Waals surface area contributed by atoms with E-state index in [1.165, 1.54) is 141 Å². The van der Waals surface area contributed by atoms with Gasteiger partial charge in [0.15, 0.2) is 0 Å². The molecule has 53 heavy (non-hydrogen) atoms. The minimum Gasteiger partial charge on any atom is -0.466 e. The number of aliphatic hydroxyl groups excluding tert-OH is 2. The van der Waals surface area contributed by atoms with E-state index in [0.29, 0.717) is 19.4 Å². The number of esters is 1. The molecule has 0 saturated carbocycles. The van der Waals surface area contributed by atoms with Crippen LogP contribution in [0.15, 0.2) is 24.3 Å². The van der Waals surface area contributed by atoms with Gasteiger partial charge in [0.1, 0.15) is 0 Å². The highest BCUT2D eigenvalue weighted by Gasteiger charge is 2.17. The molecule has 0 radical (unpaired) electrons. The van der Waals surface area contributed by atoms with Gasteiger partial charge in [0.25, 0.3) is 0 Å². The zero-order chi connectivity index (χ0) is 38.7. The standard InChI is InChI=1S/C47H89NO5/c1-3-5-7-9-11-13-15-17-19-21-25-29-33-37-41-47(52)53-42-38-34-30-26-22-24-28-32-36-40-46(51)48-44(43-49)45(50)39-35-31-27-23-20-18-16-14-12-10-8-6-4-2/h24,28,35,39,44-45,49-50H,3-23,25-27,29-34,36-38,40-43H2,1-2H3,(H,48,51)/b28-24-,39-35+. The van der Waals surface area contributed by atoms with E-state index in [2.05, 4.69) is 31.3 Å².